The molecule has 0 aliphatic heterocycles. The van der Waals surface area contributed by atoms with Crippen molar-refractivity contribution in [3.63, 3.8) is 0 Å². The average Bonchev–Trinajstić information content (AvgIpc) is 2.32. The first-order chi connectivity index (χ1) is 8.90. The molecule has 0 aromatic heterocycles. The van der Waals surface area contributed by atoms with E-state index in [4.69, 9.17) is 0 Å². The predicted molar refractivity (Wildman–Crippen MR) is 83.7 cm³/mol. The van der Waals surface area contributed by atoms with Gasteiger partial charge in [-0.2, -0.15) is 0 Å². The van der Waals surface area contributed by atoms with Crippen LogP contribution in [0, 0.1) is 5.92 Å². The molecule has 1 saturated carbocycles. The van der Waals surface area contributed by atoms with E-state index >= 15 is 0 Å². The summed E-state index contributed by atoms with van der Waals surface area (Å²) in [5, 5.41) is 10.4. The zero-order valence-electron chi connectivity index (χ0n) is 13.3. The first-order valence-electron chi connectivity index (χ1n) is 7.63. The zero-order chi connectivity index (χ0) is 14.3. The summed E-state index contributed by atoms with van der Waals surface area (Å²) in [7, 11) is 1.85. The highest BCUT2D eigenvalue weighted by Gasteiger charge is 2.19. The van der Waals surface area contributed by atoms with Gasteiger partial charge in [0.1, 0.15) is 0 Å². The van der Waals surface area contributed by atoms with Crippen molar-refractivity contribution in [3.05, 3.63) is 0 Å². The third kappa shape index (κ3) is 7.41. The third-order valence-electron chi connectivity index (χ3n) is 3.57. The molecule has 19 heavy (non-hydrogen) atoms. The zero-order valence-corrected chi connectivity index (χ0v) is 13.3. The summed E-state index contributed by atoms with van der Waals surface area (Å²) in [5.74, 6) is 1.78. The number of nitrogens with one attached hydrogen (secondary N) is 3. The largest absolute Gasteiger partial charge is 0.355 e. The molecule has 0 heterocycles. The number of hydrogen-bond donors (Lipinski definition) is 3. The van der Waals surface area contributed by atoms with Gasteiger partial charge in [-0.3, -0.25) is 4.99 Å². The fourth-order valence-electron chi connectivity index (χ4n) is 2.57. The third-order valence-corrected chi connectivity index (χ3v) is 3.57. The topological polar surface area (TPSA) is 48.5 Å². The Morgan fingerprint density at radius 1 is 1.21 bits per heavy atom. The van der Waals surface area contributed by atoms with Crippen LogP contribution in [0.4, 0.5) is 0 Å². The smallest absolute Gasteiger partial charge is 0.191 e. The summed E-state index contributed by atoms with van der Waals surface area (Å²) in [5.41, 5.74) is 0.178. The van der Waals surface area contributed by atoms with Crippen LogP contribution < -0.4 is 16.0 Å². The minimum atomic E-state index is 0.178. The fourth-order valence-corrected chi connectivity index (χ4v) is 2.57. The van der Waals surface area contributed by atoms with Crippen LogP contribution in [-0.4, -0.2) is 37.7 Å². The summed E-state index contributed by atoms with van der Waals surface area (Å²) in [6.07, 6.45) is 5.24. The van der Waals surface area contributed by atoms with Crippen molar-refractivity contribution in [3.8, 4) is 0 Å². The fraction of sp³-hybridized carbons (Fsp3) is 0.933. The molecular weight excluding hydrogens is 236 g/mol. The van der Waals surface area contributed by atoms with Gasteiger partial charge >= 0.3 is 0 Å². The van der Waals surface area contributed by atoms with Crippen LogP contribution in [0.3, 0.4) is 0 Å². The van der Waals surface area contributed by atoms with E-state index in [1.54, 1.807) is 0 Å². The van der Waals surface area contributed by atoms with Crippen molar-refractivity contribution in [2.75, 3.05) is 20.1 Å². The van der Waals surface area contributed by atoms with Crippen LogP contribution >= 0.6 is 0 Å². The van der Waals surface area contributed by atoms with Gasteiger partial charge in [0.05, 0.1) is 0 Å². The van der Waals surface area contributed by atoms with E-state index in [2.05, 4.69) is 48.6 Å². The van der Waals surface area contributed by atoms with E-state index in [0.29, 0.717) is 6.04 Å². The average molecular weight is 268 g/mol. The summed E-state index contributed by atoms with van der Waals surface area (Å²) in [6, 6.07) is 0.588. The van der Waals surface area contributed by atoms with E-state index < -0.39 is 0 Å². The minimum absolute atomic E-state index is 0.178. The molecule has 3 N–H and O–H groups in total. The highest BCUT2D eigenvalue weighted by molar-refractivity contribution is 5.79. The van der Waals surface area contributed by atoms with Gasteiger partial charge in [-0.05, 0) is 39.5 Å². The van der Waals surface area contributed by atoms with Crippen LogP contribution in [0.1, 0.15) is 53.4 Å². The van der Waals surface area contributed by atoms with Crippen LogP contribution in [0.2, 0.25) is 0 Å². The number of hydrogen-bond acceptors (Lipinski definition) is 2. The lowest BCUT2D eigenvalue weighted by Crippen LogP contribution is -2.48. The Morgan fingerprint density at radius 2 is 1.95 bits per heavy atom. The number of guanidine groups is 1. The van der Waals surface area contributed by atoms with Crippen molar-refractivity contribution < 1.29 is 0 Å². The molecule has 1 fully saturated rings. The Morgan fingerprint density at radius 3 is 2.53 bits per heavy atom. The second kappa shape index (κ2) is 7.73. The molecule has 0 bridgehead atoms. The summed E-state index contributed by atoms with van der Waals surface area (Å²) in [6.45, 7) is 10.7. The van der Waals surface area contributed by atoms with E-state index in [1.165, 1.54) is 25.7 Å². The Hall–Kier alpha value is -0.770. The van der Waals surface area contributed by atoms with Crippen LogP contribution in [0.25, 0.3) is 0 Å². The first kappa shape index (κ1) is 16.3. The van der Waals surface area contributed by atoms with E-state index in [9.17, 15) is 0 Å². The van der Waals surface area contributed by atoms with E-state index in [0.717, 1.165) is 25.0 Å². The van der Waals surface area contributed by atoms with Crippen molar-refractivity contribution in [2.45, 2.75) is 65.0 Å². The Balaban J connectivity index is 2.22. The Kier molecular flexibility index (Phi) is 6.63. The van der Waals surface area contributed by atoms with E-state index in [1.807, 2.05) is 7.05 Å². The highest BCUT2D eigenvalue weighted by Crippen LogP contribution is 2.23. The molecule has 4 heteroatoms. The van der Waals surface area contributed by atoms with Crippen molar-refractivity contribution in [1.29, 1.82) is 0 Å². The lowest BCUT2D eigenvalue weighted by Gasteiger charge is -2.29. The van der Waals surface area contributed by atoms with Gasteiger partial charge < -0.3 is 16.0 Å². The number of aliphatic imine (C=N–C) groups is 1. The molecule has 1 rings (SSSR count). The molecular formula is C15H32N4. The maximum Gasteiger partial charge on any atom is 0.191 e. The summed E-state index contributed by atoms with van der Waals surface area (Å²) < 4.78 is 0. The Bertz CT molecular complexity index is 280. The first-order valence-corrected chi connectivity index (χ1v) is 7.63. The van der Waals surface area contributed by atoms with Gasteiger partial charge in [0, 0.05) is 31.7 Å². The van der Waals surface area contributed by atoms with Crippen molar-refractivity contribution >= 4 is 5.96 Å². The molecule has 4 nitrogen and oxygen atoms in total. The standard InChI is InChI=1S/C15H32N4/c1-12-7-6-8-13(11-12)19-14(16-5)17-9-10-18-15(2,3)4/h12-13,18H,6-11H2,1-5H3,(H2,16,17,19). The summed E-state index contributed by atoms with van der Waals surface area (Å²) >= 11 is 0. The van der Waals surface area contributed by atoms with Gasteiger partial charge in [-0.15, -0.1) is 0 Å². The van der Waals surface area contributed by atoms with Crippen LogP contribution in [0.15, 0.2) is 4.99 Å². The molecule has 112 valence electrons. The SMILES string of the molecule is CN=C(NCCNC(C)(C)C)NC1CCCC(C)C1. The van der Waals surface area contributed by atoms with Crippen LogP contribution in [-0.2, 0) is 0 Å². The summed E-state index contributed by atoms with van der Waals surface area (Å²) in [4.78, 5) is 4.31. The second-order valence-corrected chi connectivity index (χ2v) is 6.79. The molecule has 1 aliphatic rings. The van der Waals surface area contributed by atoms with Gasteiger partial charge in [-0.25, -0.2) is 0 Å². The van der Waals surface area contributed by atoms with Crippen LogP contribution in [0.5, 0.6) is 0 Å². The molecule has 0 aromatic rings. The highest BCUT2D eigenvalue weighted by atomic mass is 15.2. The van der Waals surface area contributed by atoms with Gasteiger partial charge in [-0.1, -0.05) is 19.8 Å². The molecule has 0 aromatic carbocycles. The predicted octanol–water partition coefficient (Wildman–Crippen LogP) is 2.12. The molecule has 2 unspecified atom stereocenters. The molecule has 0 radical (unpaired) electrons. The normalized spacial score (nSPS) is 25.2. The lowest BCUT2D eigenvalue weighted by atomic mass is 9.87. The molecule has 0 saturated heterocycles. The van der Waals surface area contributed by atoms with Crippen molar-refractivity contribution in [1.82, 2.24) is 16.0 Å². The van der Waals surface area contributed by atoms with E-state index in [-0.39, 0.29) is 5.54 Å². The lowest BCUT2D eigenvalue weighted by molar-refractivity contribution is 0.324. The molecule has 2 atom stereocenters. The van der Waals surface area contributed by atoms with Crippen molar-refractivity contribution in [2.24, 2.45) is 10.9 Å². The number of rotatable bonds is 4. The number of nitrogens with zero attached hydrogens (tertiary/aromatic N) is 1. The quantitative estimate of drug-likeness (QED) is 0.416. The minimum Gasteiger partial charge on any atom is -0.355 e. The second-order valence-electron chi connectivity index (χ2n) is 6.79. The van der Waals surface area contributed by atoms with Gasteiger partial charge in [0.2, 0.25) is 0 Å². The molecule has 1 aliphatic carbocycles. The monoisotopic (exact) mass is 268 g/mol. The maximum atomic E-state index is 4.31. The molecule has 0 amide bonds. The van der Waals surface area contributed by atoms with Gasteiger partial charge in [0.15, 0.2) is 5.96 Å². The Labute approximate surface area is 118 Å². The maximum absolute atomic E-state index is 4.31. The molecule has 0 spiro atoms. The van der Waals surface area contributed by atoms with Gasteiger partial charge in [0.25, 0.3) is 0 Å².